The van der Waals surface area contributed by atoms with Crippen LogP contribution in [0.4, 0.5) is 8.78 Å². The summed E-state index contributed by atoms with van der Waals surface area (Å²) in [6, 6.07) is 6.60. The SMILES string of the molecule is CCc1ccsc1C(=O)N(C)Cc1ccc(OC(F)F)c(OC)c1. The number of benzene rings is 1. The van der Waals surface area contributed by atoms with Crippen molar-refractivity contribution in [2.75, 3.05) is 14.2 Å². The van der Waals surface area contributed by atoms with E-state index in [1.807, 2.05) is 18.4 Å². The maximum absolute atomic E-state index is 12.5. The molecule has 7 heteroatoms. The highest BCUT2D eigenvalue weighted by Crippen LogP contribution is 2.30. The first-order valence-electron chi connectivity index (χ1n) is 7.39. The summed E-state index contributed by atoms with van der Waals surface area (Å²) in [6.07, 6.45) is 0.798. The van der Waals surface area contributed by atoms with E-state index in [1.54, 1.807) is 24.1 Å². The molecule has 24 heavy (non-hydrogen) atoms. The Hall–Kier alpha value is -2.15. The number of hydrogen-bond acceptors (Lipinski definition) is 4. The van der Waals surface area contributed by atoms with Crippen molar-refractivity contribution >= 4 is 17.2 Å². The summed E-state index contributed by atoms with van der Waals surface area (Å²) in [4.78, 5) is 14.9. The average molecular weight is 355 g/mol. The molecule has 1 aromatic carbocycles. The van der Waals surface area contributed by atoms with Crippen LogP contribution < -0.4 is 9.47 Å². The van der Waals surface area contributed by atoms with E-state index in [9.17, 15) is 13.6 Å². The summed E-state index contributed by atoms with van der Waals surface area (Å²) in [6.45, 7) is -0.573. The molecule has 0 bridgehead atoms. The topological polar surface area (TPSA) is 38.8 Å². The number of carbonyl (C=O) groups excluding carboxylic acids is 1. The Morgan fingerprint density at radius 2 is 2.04 bits per heavy atom. The summed E-state index contributed by atoms with van der Waals surface area (Å²) < 4.78 is 34.2. The summed E-state index contributed by atoms with van der Waals surface area (Å²) in [5, 5.41) is 1.90. The van der Waals surface area contributed by atoms with Gasteiger partial charge in [0, 0.05) is 13.6 Å². The number of rotatable bonds is 7. The monoisotopic (exact) mass is 355 g/mol. The van der Waals surface area contributed by atoms with Crippen LogP contribution in [0.2, 0.25) is 0 Å². The number of methoxy groups -OCH3 is 1. The molecule has 4 nitrogen and oxygen atoms in total. The van der Waals surface area contributed by atoms with E-state index in [4.69, 9.17) is 4.74 Å². The predicted molar refractivity (Wildman–Crippen MR) is 89.1 cm³/mol. The van der Waals surface area contributed by atoms with Crippen molar-refractivity contribution in [3.63, 3.8) is 0 Å². The number of thiophene rings is 1. The van der Waals surface area contributed by atoms with Crippen molar-refractivity contribution in [1.29, 1.82) is 0 Å². The van der Waals surface area contributed by atoms with Gasteiger partial charge in [-0.2, -0.15) is 8.78 Å². The molecule has 0 N–H and O–H groups in total. The van der Waals surface area contributed by atoms with E-state index in [1.165, 1.54) is 24.5 Å². The Labute approximate surface area is 143 Å². The number of ether oxygens (including phenoxy) is 2. The van der Waals surface area contributed by atoms with Gasteiger partial charge >= 0.3 is 6.61 Å². The molecule has 0 atom stereocenters. The van der Waals surface area contributed by atoms with Gasteiger partial charge in [0.15, 0.2) is 11.5 Å². The van der Waals surface area contributed by atoms with Crippen LogP contribution in [-0.4, -0.2) is 31.6 Å². The average Bonchev–Trinajstić information content (AvgIpc) is 3.03. The van der Waals surface area contributed by atoms with Crippen LogP contribution in [0, 0.1) is 0 Å². The molecule has 1 heterocycles. The zero-order valence-corrected chi connectivity index (χ0v) is 14.5. The Kier molecular flexibility index (Phi) is 6.14. The molecule has 0 spiro atoms. The van der Waals surface area contributed by atoms with Crippen molar-refractivity contribution in [3.8, 4) is 11.5 Å². The van der Waals surface area contributed by atoms with Gasteiger partial charge < -0.3 is 14.4 Å². The molecule has 130 valence electrons. The zero-order chi connectivity index (χ0) is 17.7. The predicted octanol–water partition coefficient (Wildman–Crippen LogP) is 4.19. The third-order valence-corrected chi connectivity index (χ3v) is 4.48. The Balaban J connectivity index is 2.14. The van der Waals surface area contributed by atoms with Gasteiger partial charge in [-0.3, -0.25) is 4.79 Å². The minimum atomic E-state index is -2.92. The van der Waals surface area contributed by atoms with E-state index in [-0.39, 0.29) is 17.4 Å². The van der Waals surface area contributed by atoms with E-state index in [0.29, 0.717) is 6.54 Å². The number of nitrogens with zero attached hydrogens (tertiary/aromatic N) is 1. The molecule has 0 unspecified atom stereocenters. The first kappa shape index (κ1) is 18.2. The summed E-state index contributed by atoms with van der Waals surface area (Å²) in [5.74, 6) is 0.115. The van der Waals surface area contributed by atoms with Gasteiger partial charge in [-0.1, -0.05) is 13.0 Å². The quantitative estimate of drug-likeness (QED) is 0.747. The van der Waals surface area contributed by atoms with Crippen molar-refractivity contribution in [1.82, 2.24) is 4.90 Å². The van der Waals surface area contributed by atoms with Crippen molar-refractivity contribution in [3.05, 3.63) is 45.6 Å². The van der Waals surface area contributed by atoms with Gasteiger partial charge in [0.1, 0.15) is 0 Å². The minimum absolute atomic E-state index is 0.0308. The smallest absolute Gasteiger partial charge is 0.387 e. The molecule has 0 saturated carbocycles. The lowest BCUT2D eigenvalue weighted by atomic mass is 10.1. The van der Waals surface area contributed by atoms with Crippen LogP contribution in [0.15, 0.2) is 29.6 Å². The first-order chi connectivity index (χ1) is 11.5. The molecule has 1 aromatic heterocycles. The van der Waals surface area contributed by atoms with Gasteiger partial charge in [-0.05, 0) is 41.1 Å². The standard InChI is InChI=1S/C17H19F2NO3S/c1-4-12-7-8-24-15(12)16(21)20(2)10-11-5-6-13(23-17(18)19)14(9-11)22-3/h5-9,17H,4,10H2,1-3H3. The van der Waals surface area contributed by atoms with Crippen molar-refractivity contribution < 1.29 is 23.0 Å². The lowest BCUT2D eigenvalue weighted by Gasteiger charge is -2.18. The highest BCUT2D eigenvalue weighted by atomic mass is 32.1. The van der Waals surface area contributed by atoms with E-state index in [0.717, 1.165) is 22.4 Å². The molecule has 2 rings (SSSR count). The van der Waals surface area contributed by atoms with Gasteiger partial charge in [-0.25, -0.2) is 0 Å². The Morgan fingerprint density at radius 3 is 2.67 bits per heavy atom. The number of carbonyl (C=O) groups is 1. The highest BCUT2D eigenvalue weighted by Gasteiger charge is 2.18. The van der Waals surface area contributed by atoms with Crippen LogP contribution in [0.1, 0.15) is 27.7 Å². The second-order valence-electron chi connectivity index (χ2n) is 5.15. The number of alkyl halides is 2. The van der Waals surface area contributed by atoms with Gasteiger partial charge in [-0.15, -0.1) is 11.3 Å². The molecular weight excluding hydrogens is 336 g/mol. The fourth-order valence-electron chi connectivity index (χ4n) is 2.32. The van der Waals surface area contributed by atoms with Gasteiger partial charge in [0.05, 0.1) is 12.0 Å². The first-order valence-corrected chi connectivity index (χ1v) is 8.27. The fraction of sp³-hybridized carbons (Fsp3) is 0.353. The van der Waals surface area contributed by atoms with E-state index >= 15 is 0 Å². The van der Waals surface area contributed by atoms with Crippen LogP contribution in [0.25, 0.3) is 0 Å². The molecule has 1 amide bonds. The normalized spacial score (nSPS) is 10.8. The molecule has 0 radical (unpaired) electrons. The molecular formula is C17H19F2NO3S. The molecule has 2 aromatic rings. The van der Waals surface area contributed by atoms with Crippen molar-refractivity contribution in [2.24, 2.45) is 0 Å². The summed E-state index contributed by atoms with van der Waals surface area (Å²) in [5.41, 5.74) is 1.79. The lowest BCUT2D eigenvalue weighted by molar-refractivity contribution is -0.0512. The van der Waals surface area contributed by atoms with Crippen molar-refractivity contribution in [2.45, 2.75) is 26.5 Å². The Bertz CT molecular complexity index is 703. The van der Waals surface area contributed by atoms with Crippen LogP contribution >= 0.6 is 11.3 Å². The third kappa shape index (κ3) is 4.23. The maximum Gasteiger partial charge on any atom is 0.387 e. The third-order valence-electron chi connectivity index (χ3n) is 3.53. The highest BCUT2D eigenvalue weighted by molar-refractivity contribution is 7.12. The summed E-state index contributed by atoms with van der Waals surface area (Å²) in [7, 11) is 3.09. The number of amides is 1. The van der Waals surface area contributed by atoms with E-state index in [2.05, 4.69) is 4.74 Å². The second kappa shape index (κ2) is 8.10. The van der Waals surface area contributed by atoms with E-state index < -0.39 is 6.61 Å². The molecule has 0 aliphatic rings. The maximum atomic E-state index is 12.5. The van der Waals surface area contributed by atoms with Gasteiger partial charge in [0.2, 0.25) is 0 Å². The Morgan fingerprint density at radius 1 is 1.29 bits per heavy atom. The number of aryl methyl sites for hydroxylation is 1. The number of hydrogen-bond donors (Lipinski definition) is 0. The second-order valence-corrected chi connectivity index (χ2v) is 6.07. The fourth-order valence-corrected chi connectivity index (χ4v) is 3.31. The molecule has 0 fully saturated rings. The van der Waals surface area contributed by atoms with Gasteiger partial charge in [0.25, 0.3) is 5.91 Å². The van der Waals surface area contributed by atoms with Crippen LogP contribution in [0.3, 0.4) is 0 Å². The van der Waals surface area contributed by atoms with Crippen LogP contribution in [0.5, 0.6) is 11.5 Å². The zero-order valence-electron chi connectivity index (χ0n) is 13.7. The largest absolute Gasteiger partial charge is 0.493 e. The lowest BCUT2D eigenvalue weighted by Crippen LogP contribution is -2.26. The minimum Gasteiger partial charge on any atom is -0.493 e. The van der Waals surface area contributed by atoms with Crippen LogP contribution in [-0.2, 0) is 13.0 Å². The summed E-state index contributed by atoms with van der Waals surface area (Å²) >= 11 is 1.42. The molecule has 0 saturated heterocycles. The molecule has 0 aliphatic heterocycles. The number of halogens is 2. The molecule has 0 aliphatic carbocycles.